The molecule has 0 saturated carbocycles. The SMILES string of the molecule is Cc1ccc(S(=O)(=O)n2ccc3cc(-c4cc(-c5ccc(NC(=O)N6Cc7ccncc7C6)cc5)n[nH]c4=O)ccc32)cc1. The summed E-state index contributed by atoms with van der Waals surface area (Å²) in [4.78, 5) is 31.7. The third kappa shape index (κ3) is 4.92. The fourth-order valence-electron chi connectivity index (χ4n) is 5.38. The molecule has 4 heterocycles. The lowest BCUT2D eigenvalue weighted by Crippen LogP contribution is -2.30. The van der Waals surface area contributed by atoms with Gasteiger partial charge >= 0.3 is 6.03 Å². The molecule has 2 amide bonds. The van der Waals surface area contributed by atoms with E-state index in [1.807, 2.05) is 25.1 Å². The second-order valence-corrected chi connectivity index (χ2v) is 12.5. The minimum absolute atomic E-state index is 0.199. The number of aryl methyl sites for hydroxylation is 1. The number of hydrogen-bond acceptors (Lipinski definition) is 6. The Morgan fingerprint density at radius 3 is 2.41 bits per heavy atom. The number of rotatable bonds is 5. The third-order valence-electron chi connectivity index (χ3n) is 7.79. The number of anilines is 1. The molecule has 0 spiro atoms. The van der Waals surface area contributed by atoms with Crippen molar-refractivity contribution >= 4 is 32.6 Å². The number of aromatic amines is 1. The van der Waals surface area contributed by atoms with Gasteiger partial charge in [-0.3, -0.25) is 9.78 Å². The van der Waals surface area contributed by atoms with Crippen molar-refractivity contribution in [3.8, 4) is 22.4 Å². The molecule has 0 atom stereocenters. The molecule has 1 aliphatic heterocycles. The highest BCUT2D eigenvalue weighted by atomic mass is 32.2. The van der Waals surface area contributed by atoms with Gasteiger partial charge in [0, 0.05) is 48.3 Å². The molecule has 11 heteroatoms. The first-order valence-electron chi connectivity index (χ1n) is 13.9. The molecule has 0 fully saturated rings. The number of nitrogens with one attached hydrogen (secondary N) is 2. The van der Waals surface area contributed by atoms with Crippen molar-refractivity contribution in [1.29, 1.82) is 0 Å². The molecule has 3 aromatic heterocycles. The molecule has 0 bridgehead atoms. The van der Waals surface area contributed by atoms with Crippen molar-refractivity contribution in [3.05, 3.63) is 131 Å². The zero-order chi connectivity index (χ0) is 30.4. The van der Waals surface area contributed by atoms with Crippen LogP contribution in [0.2, 0.25) is 0 Å². The zero-order valence-corrected chi connectivity index (χ0v) is 24.4. The van der Waals surface area contributed by atoms with E-state index >= 15 is 0 Å². The van der Waals surface area contributed by atoms with Gasteiger partial charge in [-0.1, -0.05) is 35.9 Å². The highest BCUT2D eigenvalue weighted by Crippen LogP contribution is 2.29. The first kappa shape index (κ1) is 27.3. The van der Waals surface area contributed by atoms with E-state index in [2.05, 4.69) is 20.5 Å². The van der Waals surface area contributed by atoms with E-state index in [0.717, 1.165) is 22.3 Å². The molecule has 0 unspecified atom stereocenters. The van der Waals surface area contributed by atoms with Gasteiger partial charge in [0.15, 0.2) is 0 Å². The largest absolute Gasteiger partial charge is 0.322 e. The van der Waals surface area contributed by atoms with Crippen LogP contribution in [-0.2, 0) is 23.1 Å². The van der Waals surface area contributed by atoms with E-state index < -0.39 is 10.0 Å². The summed E-state index contributed by atoms with van der Waals surface area (Å²) < 4.78 is 27.8. The first-order chi connectivity index (χ1) is 21.3. The molecule has 10 nitrogen and oxygen atoms in total. The highest BCUT2D eigenvalue weighted by molar-refractivity contribution is 7.90. The summed E-state index contributed by atoms with van der Waals surface area (Å²) in [6, 6.07) is 24.3. The summed E-state index contributed by atoms with van der Waals surface area (Å²) >= 11 is 0. The minimum atomic E-state index is -3.79. The Kier molecular flexibility index (Phi) is 6.59. The molecule has 1 aliphatic rings. The maximum atomic E-state index is 13.3. The topological polar surface area (TPSA) is 130 Å². The number of aromatic nitrogens is 4. The van der Waals surface area contributed by atoms with E-state index in [9.17, 15) is 18.0 Å². The Labute approximate surface area is 252 Å². The summed E-state index contributed by atoms with van der Waals surface area (Å²) in [6.07, 6.45) is 5.03. The molecular weight excluding hydrogens is 576 g/mol. The average molecular weight is 603 g/mol. The zero-order valence-electron chi connectivity index (χ0n) is 23.6. The number of carbonyl (C=O) groups is 1. The van der Waals surface area contributed by atoms with Gasteiger partial charge in [0.25, 0.3) is 15.6 Å². The second-order valence-electron chi connectivity index (χ2n) is 10.7. The predicted molar refractivity (Wildman–Crippen MR) is 167 cm³/mol. The minimum Gasteiger partial charge on any atom is -0.316 e. The van der Waals surface area contributed by atoms with Crippen molar-refractivity contribution in [2.75, 3.05) is 5.32 Å². The van der Waals surface area contributed by atoms with Crippen molar-refractivity contribution in [2.24, 2.45) is 0 Å². The normalized spacial score (nSPS) is 12.8. The number of nitrogens with zero attached hydrogens (tertiary/aromatic N) is 4. The number of urea groups is 1. The van der Waals surface area contributed by atoms with E-state index in [1.165, 1.54) is 10.2 Å². The molecule has 6 aromatic rings. The lowest BCUT2D eigenvalue weighted by atomic mass is 10.0. The summed E-state index contributed by atoms with van der Waals surface area (Å²) in [7, 11) is -3.79. The van der Waals surface area contributed by atoms with Gasteiger partial charge in [-0.15, -0.1) is 0 Å². The second kappa shape index (κ2) is 10.6. The predicted octanol–water partition coefficient (Wildman–Crippen LogP) is 5.55. The summed E-state index contributed by atoms with van der Waals surface area (Å²) in [5, 5.41) is 10.4. The van der Waals surface area contributed by atoms with Gasteiger partial charge in [0.05, 0.1) is 21.7 Å². The molecule has 0 saturated heterocycles. The van der Waals surface area contributed by atoms with Gasteiger partial charge in [0.1, 0.15) is 0 Å². The molecule has 3 aromatic carbocycles. The first-order valence-corrected chi connectivity index (χ1v) is 15.3. The fraction of sp³-hybridized carbons (Fsp3) is 0.0909. The standard InChI is InChI=1S/C33H26N6O4S/c1-21-2-9-28(10-3-21)44(42,43)39-15-13-24-16-23(6-11-31(24)39)29-17-30(36-37-32(29)40)22-4-7-27(8-5-22)35-33(41)38-19-25-12-14-34-18-26(25)20-38/h2-18H,19-20H2,1H3,(H,35,41)(H,37,40). The van der Waals surface area contributed by atoms with E-state index in [1.54, 1.807) is 84.0 Å². The number of fused-ring (bicyclic) bond motifs is 2. The van der Waals surface area contributed by atoms with Gasteiger partial charge in [-0.2, -0.15) is 5.10 Å². The Morgan fingerprint density at radius 2 is 1.64 bits per heavy atom. The van der Waals surface area contributed by atoms with Crippen molar-refractivity contribution < 1.29 is 13.2 Å². The quantitative estimate of drug-likeness (QED) is 0.266. The van der Waals surface area contributed by atoms with Crippen LogP contribution in [0.25, 0.3) is 33.3 Å². The van der Waals surface area contributed by atoms with E-state index in [-0.39, 0.29) is 16.5 Å². The Morgan fingerprint density at radius 1 is 0.886 bits per heavy atom. The Hall–Kier alpha value is -5.55. The molecular formula is C33H26N6O4S. The monoisotopic (exact) mass is 602 g/mol. The number of amides is 2. The van der Waals surface area contributed by atoms with Crippen LogP contribution in [0.4, 0.5) is 10.5 Å². The molecule has 0 radical (unpaired) electrons. The van der Waals surface area contributed by atoms with Crippen molar-refractivity contribution in [3.63, 3.8) is 0 Å². The number of H-pyrrole nitrogens is 1. The molecule has 0 aliphatic carbocycles. The van der Waals surface area contributed by atoms with Crippen LogP contribution in [0.1, 0.15) is 16.7 Å². The Bertz CT molecular complexity index is 2200. The number of pyridine rings is 1. The maximum absolute atomic E-state index is 13.3. The van der Waals surface area contributed by atoms with Crippen molar-refractivity contribution in [2.45, 2.75) is 24.9 Å². The maximum Gasteiger partial charge on any atom is 0.322 e. The van der Waals surface area contributed by atoms with Gasteiger partial charge in [-0.05, 0) is 78.2 Å². The summed E-state index contributed by atoms with van der Waals surface area (Å²) in [5.41, 5.74) is 6.18. The van der Waals surface area contributed by atoms with E-state index in [4.69, 9.17) is 0 Å². The lowest BCUT2D eigenvalue weighted by molar-refractivity contribution is 0.212. The van der Waals surface area contributed by atoms with Crippen LogP contribution in [0.3, 0.4) is 0 Å². The molecule has 218 valence electrons. The fourth-order valence-corrected chi connectivity index (χ4v) is 6.73. The third-order valence-corrected chi connectivity index (χ3v) is 9.50. The van der Waals surface area contributed by atoms with Crippen LogP contribution in [-0.4, -0.2) is 38.5 Å². The summed E-state index contributed by atoms with van der Waals surface area (Å²) in [5.74, 6) is 0. The smallest absolute Gasteiger partial charge is 0.316 e. The van der Waals surface area contributed by atoms with Crippen molar-refractivity contribution in [1.82, 2.24) is 24.1 Å². The van der Waals surface area contributed by atoms with Crippen LogP contribution in [0.5, 0.6) is 0 Å². The van der Waals surface area contributed by atoms with E-state index in [0.29, 0.717) is 46.5 Å². The molecule has 7 rings (SSSR count). The Balaban J connectivity index is 1.12. The molecule has 2 N–H and O–H groups in total. The van der Waals surface area contributed by atoms with Gasteiger partial charge in [-0.25, -0.2) is 22.3 Å². The van der Waals surface area contributed by atoms with Crippen LogP contribution < -0.4 is 10.9 Å². The number of carbonyl (C=O) groups excluding carboxylic acids is 1. The van der Waals surface area contributed by atoms with Gasteiger partial charge < -0.3 is 10.2 Å². The summed E-state index contributed by atoms with van der Waals surface area (Å²) in [6.45, 7) is 2.94. The molecule has 44 heavy (non-hydrogen) atoms. The van der Waals surface area contributed by atoms with Crippen LogP contribution in [0.15, 0.2) is 113 Å². The van der Waals surface area contributed by atoms with Crippen LogP contribution >= 0.6 is 0 Å². The lowest BCUT2D eigenvalue weighted by Gasteiger charge is -2.16. The number of hydrogen-bond donors (Lipinski definition) is 2. The highest BCUT2D eigenvalue weighted by Gasteiger charge is 2.23. The average Bonchev–Trinajstić information content (AvgIpc) is 3.67. The van der Waals surface area contributed by atoms with Gasteiger partial charge in [0.2, 0.25) is 0 Å². The van der Waals surface area contributed by atoms with Crippen LogP contribution in [0, 0.1) is 6.92 Å². The number of benzene rings is 3.